The molecule has 0 N–H and O–H groups in total. The fourth-order valence-electron chi connectivity index (χ4n) is 2.38. The molecule has 0 unspecified atom stereocenters. The van der Waals surface area contributed by atoms with Gasteiger partial charge < -0.3 is 0 Å². The van der Waals surface area contributed by atoms with E-state index in [1.54, 1.807) is 6.20 Å². The Kier molecular flexibility index (Phi) is 4.52. The van der Waals surface area contributed by atoms with E-state index in [0.717, 1.165) is 25.2 Å². The zero-order chi connectivity index (χ0) is 11.9. The van der Waals surface area contributed by atoms with Gasteiger partial charge in [0.15, 0.2) is 0 Å². The summed E-state index contributed by atoms with van der Waals surface area (Å²) in [6.07, 6.45) is 8.31. The van der Waals surface area contributed by atoms with Gasteiger partial charge in [-0.25, -0.2) is 4.98 Å². The van der Waals surface area contributed by atoms with Crippen LogP contribution in [0.15, 0.2) is 18.3 Å². The third-order valence-electron chi connectivity index (χ3n) is 3.34. The van der Waals surface area contributed by atoms with E-state index in [1.807, 2.05) is 12.1 Å². The molecule has 1 aliphatic rings. The minimum absolute atomic E-state index is 0.578. The number of likely N-dealkylation sites (tertiary alicyclic amines) is 1. The predicted molar refractivity (Wildman–Crippen MR) is 67.3 cm³/mol. The van der Waals surface area contributed by atoms with Crippen molar-refractivity contribution < 1.29 is 0 Å². The summed E-state index contributed by atoms with van der Waals surface area (Å²) in [4.78, 5) is 6.57. The van der Waals surface area contributed by atoms with Crippen molar-refractivity contribution >= 4 is 0 Å². The van der Waals surface area contributed by atoms with Crippen LogP contribution in [0.4, 0.5) is 0 Å². The minimum atomic E-state index is 0.578. The average molecular weight is 229 g/mol. The van der Waals surface area contributed by atoms with Gasteiger partial charge in [-0.3, -0.25) is 4.90 Å². The summed E-state index contributed by atoms with van der Waals surface area (Å²) in [6, 6.07) is 6.11. The van der Waals surface area contributed by atoms with Gasteiger partial charge in [0, 0.05) is 18.3 Å². The highest BCUT2D eigenvalue weighted by Gasteiger charge is 2.11. The highest BCUT2D eigenvalue weighted by Crippen LogP contribution is 2.14. The van der Waals surface area contributed by atoms with Crippen molar-refractivity contribution in [3.8, 4) is 6.07 Å². The predicted octanol–water partition coefficient (Wildman–Crippen LogP) is 2.72. The van der Waals surface area contributed by atoms with E-state index in [-0.39, 0.29) is 0 Å². The van der Waals surface area contributed by atoms with Gasteiger partial charge in [0.1, 0.15) is 11.8 Å². The molecule has 0 radical (unpaired) electrons. The van der Waals surface area contributed by atoms with Crippen LogP contribution < -0.4 is 0 Å². The van der Waals surface area contributed by atoms with Crippen LogP contribution in [-0.2, 0) is 6.54 Å². The molecule has 17 heavy (non-hydrogen) atoms. The van der Waals surface area contributed by atoms with Gasteiger partial charge in [0.2, 0.25) is 0 Å². The van der Waals surface area contributed by atoms with Gasteiger partial charge in [-0.05, 0) is 32.0 Å². The Balaban J connectivity index is 2.01. The van der Waals surface area contributed by atoms with E-state index in [2.05, 4.69) is 16.0 Å². The van der Waals surface area contributed by atoms with Crippen molar-refractivity contribution in [1.82, 2.24) is 9.88 Å². The molecular weight excluding hydrogens is 210 g/mol. The number of hydrogen-bond acceptors (Lipinski definition) is 3. The van der Waals surface area contributed by atoms with Crippen LogP contribution in [0.3, 0.4) is 0 Å². The smallest absolute Gasteiger partial charge is 0.144 e. The highest BCUT2D eigenvalue weighted by molar-refractivity contribution is 5.30. The van der Waals surface area contributed by atoms with E-state index in [9.17, 15) is 0 Å². The first-order valence-corrected chi connectivity index (χ1v) is 6.46. The number of hydrogen-bond donors (Lipinski definition) is 0. The van der Waals surface area contributed by atoms with Crippen LogP contribution >= 0.6 is 0 Å². The van der Waals surface area contributed by atoms with Crippen LogP contribution in [0.5, 0.6) is 0 Å². The fraction of sp³-hybridized carbons (Fsp3) is 0.571. The molecule has 0 spiro atoms. The topological polar surface area (TPSA) is 39.9 Å². The molecule has 3 nitrogen and oxygen atoms in total. The van der Waals surface area contributed by atoms with Crippen LogP contribution in [0.1, 0.15) is 43.4 Å². The monoisotopic (exact) mass is 229 g/mol. The lowest BCUT2D eigenvalue weighted by molar-refractivity contribution is 0.239. The number of rotatable bonds is 2. The van der Waals surface area contributed by atoms with Crippen LogP contribution in [0, 0.1) is 11.3 Å². The first-order valence-electron chi connectivity index (χ1n) is 6.46. The molecule has 0 aromatic carbocycles. The molecule has 2 rings (SSSR count). The fourth-order valence-corrected chi connectivity index (χ4v) is 2.38. The van der Waals surface area contributed by atoms with Crippen molar-refractivity contribution in [3.63, 3.8) is 0 Å². The molecule has 1 fully saturated rings. The van der Waals surface area contributed by atoms with Gasteiger partial charge in [-0.15, -0.1) is 0 Å². The first kappa shape index (κ1) is 12.1. The quantitative estimate of drug-likeness (QED) is 0.782. The van der Waals surface area contributed by atoms with E-state index in [1.165, 1.54) is 32.1 Å². The van der Waals surface area contributed by atoms with Gasteiger partial charge >= 0.3 is 0 Å². The summed E-state index contributed by atoms with van der Waals surface area (Å²) < 4.78 is 0. The van der Waals surface area contributed by atoms with Crippen molar-refractivity contribution in [1.29, 1.82) is 5.26 Å². The maximum Gasteiger partial charge on any atom is 0.144 e. The Labute approximate surface area is 103 Å². The first-order chi connectivity index (χ1) is 8.40. The van der Waals surface area contributed by atoms with E-state index >= 15 is 0 Å². The maximum absolute atomic E-state index is 9.02. The van der Waals surface area contributed by atoms with Crippen LogP contribution in [-0.4, -0.2) is 23.0 Å². The molecule has 90 valence electrons. The second-order valence-electron chi connectivity index (χ2n) is 4.67. The van der Waals surface area contributed by atoms with E-state index in [4.69, 9.17) is 5.26 Å². The average Bonchev–Trinajstić information content (AvgIpc) is 2.33. The van der Waals surface area contributed by atoms with Crippen molar-refractivity contribution in [2.45, 2.75) is 38.6 Å². The lowest BCUT2D eigenvalue weighted by Crippen LogP contribution is -2.27. The maximum atomic E-state index is 9.02. The Bertz CT molecular complexity index is 387. The Morgan fingerprint density at radius 2 is 1.88 bits per heavy atom. The third kappa shape index (κ3) is 3.54. The molecule has 2 heterocycles. The highest BCUT2D eigenvalue weighted by atomic mass is 15.1. The van der Waals surface area contributed by atoms with Crippen LogP contribution in [0.2, 0.25) is 0 Å². The Hall–Kier alpha value is -1.40. The lowest BCUT2D eigenvalue weighted by atomic mass is 10.1. The number of nitriles is 1. The molecule has 0 aliphatic carbocycles. The zero-order valence-electron chi connectivity index (χ0n) is 10.2. The van der Waals surface area contributed by atoms with Gasteiger partial charge in [-0.2, -0.15) is 5.26 Å². The number of nitrogens with zero attached hydrogens (tertiary/aromatic N) is 3. The lowest BCUT2D eigenvalue weighted by Gasteiger charge is -2.24. The van der Waals surface area contributed by atoms with Crippen LogP contribution in [0.25, 0.3) is 0 Å². The second-order valence-corrected chi connectivity index (χ2v) is 4.67. The van der Waals surface area contributed by atoms with Gasteiger partial charge in [-0.1, -0.05) is 25.3 Å². The molecule has 0 amide bonds. The molecule has 3 heteroatoms. The van der Waals surface area contributed by atoms with Gasteiger partial charge in [0.05, 0.1) is 0 Å². The Morgan fingerprint density at radius 1 is 1.18 bits per heavy atom. The molecule has 0 atom stereocenters. The number of pyridine rings is 1. The molecule has 1 saturated heterocycles. The third-order valence-corrected chi connectivity index (χ3v) is 3.34. The van der Waals surface area contributed by atoms with Crippen molar-refractivity contribution in [2.75, 3.05) is 13.1 Å². The summed E-state index contributed by atoms with van der Waals surface area (Å²) in [5.41, 5.74) is 1.64. The van der Waals surface area contributed by atoms with E-state index in [0.29, 0.717) is 5.69 Å². The normalized spacial score (nSPS) is 18.1. The number of aromatic nitrogens is 1. The van der Waals surface area contributed by atoms with E-state index < -0.39 is 0 Å². The zero-order valence-corrected chi connectivity index (χ0v) is 10.2. The molecule has 1 aromatic rings. The SMILES string of the molecule is N#Cc1ncccc1CN1CCCCCCC1. The largest absolute Gasteiger partial charge is 0.299 e. The molecule has 0 bridgehead atoms. The standard InChI is InChI=1S/C14H19N3/c15-11-14-13(7-6-8-16-14)12-17-9-4-2-1-3-5-10-17/h6-8H,1-5,9-10,12H2. The molecule has 1 aromatic heterocycles. The van der Waals surface area contributed by atoms with Crippen molar-refractivity contribution in [3.05, 3.63) is 29.6 Å². The van der Waals surface area contributed by atoms with Crippen molar-refractivity contribution in [2.24, 2.45) is 0 Å². The van der Waals surface area contributed by atoms with Gasteiger partial charge in [0.25, 0.3) is 0 Å². The molecular formula is C14H19N3. The molecule has 1 aliphatic heterocycles. The molecule has 0 saturated carbocycles. The Morgan fingerprint density at radius 3 is 2.59 bits per heavy atom. The summed E-state index contributed by atoms with van der Waals surface area (Å²) in [6.45, 7) is 3.18. The minimum Gasteiger partial charge on any atom is -0.299 e. The summed E-state index contributed by atoms with van der Waals surface area (Å²) in [5.74, 6) is 0. The summed E-state index contributed by atoms with van der Waals surface area (Å²) >= 11 is 0. The summed E-state index contributed by atoms with van der Waals surface area (Å²) in [5, 5.41) is 9.02. The summed E-state index contributed by atoms with van der Waals surface area (Å²) in [7, 11) is 0. The second kappa shape index (κ2) is 6.36.